The van der Waals surface area contributed by atoms with Crippen LogP contribution in [0.2, 0.25) is 0 Å². The molecule has 5 aromatic rings. The van der Waals surface area contributed by atoms with Gasteiger partial charge in [0.25, 0.3) is 0 Å². The fraction of sp³-hybridized carbons (Fsp3) is 0. The Labute approximate surface area is 160 Å². The van der Waals surface area contributed by atoms with Gasteiger partial charge in [0, 0.05) is 27.1 Å². The molecule has 2 aromatic heterocycles. The molecule has 0 radical (unpaired) electrons. The van der Waals surface area contributed by atoms with Gasteiger partial charge in [-0.3, -0.25) is 0 Å². The average Bonchev–Trinajstić information content (AvgIpc) is 2.99. The van der Waals surface area contributed by atoms with Crippen molar-refractivity contribution in [3.8, 4) is 5.69 Å². The molecule has 0 aliphatic rings. The molecule has 5 rings (SSSR count). The van der Waals surface area contributed by atoms with E-state index in [9.17, 15) is 4.79 Å². The van der Waals surface area contributed by atoms with Gasteiger partial charge in [0.15, 0.2) is 0 Å². The van der Waals surface area contributed by atoms with Crippen LogP contribution in [0, 0.1) is 0 Å². The van der Waals surface area contributed by atoms with E-state index >= 15 is 0 Å². The predicted molar refractivity (Wildman–Crippen MR) is 116 cm³/mol. The lowest BCUT2D eigenvalue weighted by Crippen LogP contribution is -2.26. The van der Waals surface area contributed by atoms with Crippen LogP contribution in [-0.2, 0) is 0 Å². The van der Waals surface area contributed by atoms with Crippen LogP contribution in [0.4, 0.5) is 0 Å². The second-order valence-electron chi connectivity index (χ2n) is 6.74. The summed E-state index contributed by atoms with van der Waals surface area (Å²) in [4.78, 5) is 12.7. The van der Waals surface area contributed by atoms with Crippen LogP contribution in [0.15, 0.2) is 88.6 Å². The Morgan fingerprint density at radius 2 is 1.61 bits per heavy atom. The molecule has 3 aromatic carbocycles. The molecule has 0 spiro atoms. The highest BCUT2D eigenvalue weighted by atomic mass is 16.4. The maximum Gasteiger partial charge on any atom is 0.344 e. The zero-order chi connectivity index (χ0) is 19.3. The van der Waals surface area contributed by atoms with Crippen LogP contribution >= 0.6 is 0 Å². The number of fused-ring (bicyclic) bond motifs is 4. The molecule has 2 heterocycles. The summed E-state index contributed by atoms with van der Waals surface area (Å²) >= 11 is 0. The van der Waals surface area contributed by atoms with Gasteiger partial charge in [0.05, 0.1) is 16.3 Å². The van der Waals surface area contributed by atoms with Crippen LogP contribution in [0.1, 0.15) is 0 Å². The lowest BCUT2D eigenvalue weighted by molar-refractivity contribution is 0.570. The highest BCUT2D eigenvalue weighted by Crippen LogP contribution is 2.26. The van der Waals surface area contributed by atoms with Crippen molar-refractivity contribution in [1.29, 1.82) is 0 Å². The number of allylic oxidation sites excluding steroid dienone is 1. The van der Waals surface area contributed by atoms with E-state index < -0.39 is 0 Å². The van der Waals surface area contributed by atoms with E-state index in [-0.39, 0.29) is 5.63 Å². The predicted octanol–water partition coefficient (Wildman–Crippen LogP) is 4.27. The van der Waals surface area contributed by atoms with Crippen molar-refractivity contribution < 1.29 is 4.42 Å². The molecule has 0 fully saturated rings. The monoisotopic (exact) mass is 363 g/mol. The SMILES string of the molecule is C=C/C=c1\c(=C)c2cc3c(cc2n1-c1ccccc1)c(=O)oc1ccccc13. The zero-order valence-electron chi connectivity index (χ0n) is 15.2. The van der Waals surface area contributed by atoms with Crippen LogP contribution in [-0.4, -0.2) is 4.57 Å². The summed E-state index contributed by atoms with van der Waals surface area (Å²) in [6, 6.07) is 21.6. The Bertz CT molecular complexity index is 1550. The molecule has 0 unspecified atom stereocenters. The second-order valence-corrected chi connectivity index (χ2v) is 6.74. The highest BCUT2D eigenvalue weighted by Gasteiger charge is 2.14. The number of rotatable bonds is 2. The van der Waals surface area contributed by atoms with Crippen molar-refractivity contribution in [3.63, 3.8) is 0 Å². The first-order chi connectivity index (χ1) is 13.7. The summed E-state index contributed by atoms with van der Waals surface area (Å²) < 4.78 is 7.65. The van der Waals surface area contributed by atoms with Gasteiger partial charge in [-0.1, -0.05) is 55.6 Å². The number of para-hydroxylation sites is 2. The van der Waals surface area contributed by atoms with Gasteiger partial charge in [-0.2, -0.15) is 0 Å². The molecule has 3 nitrogen and oxygen atoms in total. The minimum Gasteiger partial charge on any atom is -0.422 e. The minimum atomic E-state index is -0.337. The van der Waals surface area contributed by atoms with E-state index in [0.717, 1.165) is 37.9 Å². The lowest BCUT2D eigenvalue weighted by atomic mass is 10.0. The number of hydrogen-bond donors (Lipinski definition) is 0. The first-order valence-electron chi connectivity index (χ1n) is 9.06. The first kappa shape index (κ1) is 16.3. The first-order valence-corrected chi connectivity index (χ1v) is 9.06. The zero-order valence-corrected chi connectivity index (χ0v) is 15.2. The molecule has 0 saturated heterocycles. The summed E-state index contributed by atoms with van der Waals surface area (Å²) in [5, 5.41) is 5.20. The molecule has 28 heavy (non-hydrogen) atoms. The fourth-order valence-corrected chi connectivity index (χ4v) is 3.88. The number of hydrogen-bond acceptors (Lipinski definition) is 2. The van der Waals surface area contributed by atoms with Crippen LogP contribution in [0.25, 0.3) is 51.0 Å². The fourth-order valence-electron chi connectivity index (χ4n) is 3.88. The Hall–Kier alpha value is -3.85. The van der Waals surface area contributed by atoms with Gasteiger partial charge in [0.1, 0.15) is 5.58 Å². The molecule has 0 saturated carbocycles. The number of nitrogens with zero attached hydrogens (tertiary/aromatic N) is 1. The lowest BCUT2D eigenvalue weighted by Gasteiger charge is -2.08. The molecule has 0 N–H and O–H groups in total. The van der Waals surface area contributed by atoms with Gasteiger partial charge < -0.3 is 8.98 Å². The third kappa shape index (κ3) is 2.26. The van der Waals surface area contributed by atoms with Gasteiger partial charge in [-0.15, -0.1) is 0 Å². The molecule has 0 aliphatic carbocycles. The van der Waals surface area contributed by atoms with Crippen LogP contribution < -0.4 is 16.2 Å². The Morgan fingerprint density at radius 1 is 0.857 bits per heavy atom. The van der Waals surface area contributed by atoms with Crippen molar-refractivity contribution in [1.82, 2.24) is 4.57 Å². The van der Waals surface area contributed by atoms with E-state index in [0.29, 0.717) is 11.0 Å². The topological polar surface area (TPSA) is 35.1 Å². The third-order valence-corrected chi connectivity index (χ3v) is 5.14. The largest absolute Gasteiger partial charge is 0.422 e. The Morgan fingerprint density at radius 3 is 2.39 bits per heavy atom. The van der Waals surface area contributed by atoms with Gasteiger partial charge in [0.2, 0.25) is 0 Å². The summed E-state index contributed by atoms with van der Waals surface area (Å²) in [6.45, 7) is 8.17. The van der Waals surface area contributed by atoms with Crippen molar-refractivity contribution in [2.75, 3.05) is 0 Å². The molecular formula is C25H17NO2. The van der Waals surface area contributed by atoms with Crippen molar-refractivity contribution in [2.45, 2.75) is 0 Å². The van der Waals surface area contributed by atoms with E-state index in [1.165, 1.54) is 0 Å². The van der Waals surface area contributed by atoms with Crippen molar-refractivity contribution in [2.24, 2.45) is 0 Å². The van der Waals surface area contributed by atoms with Crippen molar-refractivity contribution in [3.05, 3.63) is 100 Å². The molecule has 0 aliphatic heterocycles. The maximum absolute atomic E-state index is 12.7. The van der Waals surface area contributed by atoms with E-state index in [1.807, 2.05) is 72.8 Å². The summed E-state index contributed by atoms with van der Waals surface area (Å²) in [5.74, 6) is 0. The van der Waals surface area contributed by atoms with Gasteiger partial charge >= 0.3 is 5.63 Å². The summed E-state index contributed by atoms with van der Waals surface area (Å²) in [5.41, 5.74) is 2.17. The van der Waals surface area contributed by atoms with Gasteiger partial charge in [-0.05, 0) is 36.4 Å². The average molecular weight is 363 g/mol. The van der Waals surface area contributed by atoms with Gasteiger partial charge in [-0.25, -0.2) is 4.79 Å². The Balaban J connectivity index is 2.06. The molecule has 0 bridgehead atoms. The van der Waals surface area contributed by atoms with E-state index in [4.69, 9.17) is 4.42 Å². The minimum absolute atomic E-state index is 0.337. The molecule has 134 valence electrons. The normalized spacial score (nSPS) is 12.2. The number of benzene rings is 3. The molecular weight excluding hydrogens is 346 g/mol. The molecule has 3 heteroatoms. The highest BCUT2D eigenvalue weighted by molar-refractivity contribution is 6.09. The standard InChI is InChI=1S/C25H17NO2/c1-3-9-22-16(2)19-14-20-18-12-7-8-13-24(18)28-25(27)21(20)15-23(19)26(22)17-10-5-4-6-11-17/h3-15H,1-2H2/b22-9+. The quantitative estimate of drug-likeness (QED) is 0.347. The third-order valence-electron chi connectivity index (χ3n) is 5.14. The molecule has 0 amide bonds. The Kier molecular flexibility index (Phi) is 3.56. The molecule has 0 atom stereocenters. The van der Waals surface area contributed by atoms with E-state index in [2.05, 4.69) is 17.7 Å². The summed E-state index contributed by atoms with van der Waals surface area (Å²) in [6.07, 6.45) is 3.70. The van der Waals surface area contributed by atoms with Crippen LogP contribution in [0.5, 0.6) is 0 Å². The summed E-state index contributed by atoms with van der Waals surface area (Å²) in [7, 11) is 0. The van der Waals surface area contributed by atoms with Crippen molar-refractivity contribution >= 4 is 45.3 Å². The smallest absolute Gasteiger partial charge is 0.344 e. The number of aromatic nitrogens is 1. The maximum atomic E-state index is 12.7. The van der Waals surface area contributed by atoms with E-state index in [1.54, 1.807) is 6.08 Å². The van der Waals surface area contributed by atoms with Crippen LogP contribution in [0.3, 0.4) is 0 Å². The second kappa shape index (κ2) is 6.10.